The van der Waals surface area contributed by atoms with Gasteiger partial charge >= 0.3 is 5.92 Å². The first-order valence-corrected chi connectivity index (χ1v) is 17.5. The van der Waals surface area contributed by atoms with Crippen LogP contribution < -0.4 is 11.2 Å². The number of rotatable bonds is 9. The Morgan fingerprint density at radius 2 is 1.42 bits per heavy atom. The molecular weight excluding hydrogens is 692 g/mol. The van der Waals surface area contributed by atoms with Gasteiger partial charge in [-0.05, 0) is 78.3 Å². The molecule has 2 saturated heterocycles. The van der Waals surface area contributed by atoms with Crippen molar-refractivity contribution in [3.8, 4) is 0 Å². The lowest BCUT2D eigenvalue weighted by molar-refractivity contribution is -0.581. The number of carbonyl (C=O) groups is 1. The molecule has 2 heterocycles. The monoisotopic (exact) mass is 753 g/mol. The van der Waals surface area contributed by atoms with Gasteiger partial charge in [0.05, 0.1) is 11.8 Å². The summed E-state index contributed by atoms with van der Waals surface area (Å²) in [4.78, 5) is 16.2. The summed E-state index contributed by atoms with van der Waals surface area (Å²) >= 11 is 0. The summed E-state index contributed by atoms with van der Waals surface area (Å²) in [6, 6.07) is 12.5. The number of alkyl halides is 2. The van der Waals surface area contributed by atoms with Crippen LogP contribution in [0, 0.1) is 5.92 Å². The number of halogens is 2. The molecule has 0 bridgehead atoms. The topological polar surface area (TPSA) is 267 Å². The highest BCUT2D eigenvalue weighted by atomic mass is 19.3. The SMILES string of the molecule is CC.CC1CC(CC(C)N2C(C)N(C)NC2C(C)(C)O)N(CCCc2ccccc2)C1C.NC(=O)C1(O)C(O)(O)C(O)(O)C(F)(F)C(O)(O)C1(O)O. The molecule has 1 aromatic rings. The van der Waals surface area contributed by atoms with Crippen LogP contribution in [0.3, 0.4) is 0 Å². The molecule has 3 aliphatic rings. The number of nitrogens with zero attached hydrogens (tertiary/aromatic N) is 3. The average Bonchev–Trinajstić information content (AvgIpc) is 3.50. The Morgan fingerprint density at radius 1 is 0.942 bits per heavy atom. The number of nitrogens with one attached hydrogen (secondary N) is 1. The number of primary amides is 1. The molecule has 18 heteroatoms. The highest BCUT2D eigenvalue weighted by Gasteiger charge is 2.94. The van der Waals surface area contributed by atoms with Crippen LogP contribution in [-0.2, 0) is 11.2 Å². The first kappa shape index (κ1) is 46.1. The Labute approximate surface area is 303 Å². The molecule has 1 amide bonds. The average molecular weight is 754 g/mol. The molecule has 4 rings (SSSR count). The van der Waals surface area contributed by atoms with Gasteiger partial charge in [-0.15, -0.1) is 0 Å². The summed E-state index contributed by atoms with van der Waals surface area (Å²) in [5, 5.41) is 95.0. The van der Waals surface area contributed by atoms with Crippen molar-refractivity contribution in [3.05, 3.63) is 35.9 Å². The van der Waals surface area contributed by atoms with Gasteiger partial charge in [0.25, 0.3) is 34.7 Å². The smallest absolute Gasteiger partial charge is 0.363 e. The largest absolute Gasteiger partial charge is 0.387 e. The van der Waals surface area contributed by atoms with E-state index in [1.807, 2.05) is 27.7 Å². The van der Waals surface area contributed by atoms with E-state index in [2.05, 4.69) is 91.0 Å². The second-order valence-electron chi connectivity index (χ2n) is 14.7. The zero-order valence-corrected chi connectivity index (χ0v) is 31.4. The first-order valence-electron chi connectivity index (χ1n) is 17.5. The Balaban J connectivity index is 0.000000371. The van der Waals surface area contributed by atoms with Crippen LogP contribution in [0.1, 0.15) is 80.2 Å². The molecule has 302 valence electrons. The van der Waals surface area contributed by atoms with Crippen LogP contribution in [0.4, 0.5) is 8.78 Å². The van der Waals surface area contributed by atoms with Crippen molar-refractivity contribution in [2.24, 2.45) is 11.7 Å². The third kappa shape index (κ3) is 7.61. The van der Waals surface area contributed by atoms with Crippen molar-refractivity contribution in [2.75, 3.05) is 13.6 Å². The Morgan fingerprint density at radius 3 is 1.87 bits per heavy atom. The number of aliphatic hydroxyl groups is 10. The molecule has 1 aromatic carbocycles. The van der Waals surface area contributed by atoms with E-state index < -0.39 is 46.2 Å². The Bertz CT molecular complexity index is 1300. The molecule has 1 aliphatic carbocycles. The number of likely N-dealkylation sites (tertiary alicyclic amines) is 1. The van der Waals surface area contributed by atoms with Gasteiger partial charge in [0.1, 0.15) is 6.17 Å². The summed E-state index contributed by atoms with van der Waals surface area (Å²) in [5.74, 6) is -28.6. The van der Waals surface area contributed by atoms with Crippen molar-refractivity contribution in [3.63, 3.8) is 0 Å². The number of nitrogens with two attached hydrogens (primary N) is 1. The fraction of sp³-hybridized carbons (Fsp3) is 0.794. The summed E-state index contributed by atoms with van der Waals surface area (Å²) in [6.45, 7) is 18.4. The predicted molar refractivity (Wildman–Crippen MR) is 184 cm³/mol. The summed E-state index contributed by atoms with van der Waals surface area (Å²) in [6.07, 6.45) is 4.98. The van der Waals surface area contributed by atoms with E-state index in [0.29, 0.717) is 18.1 Å². The molecule has 2 aliphatic heterocycles. The van der Waals surface area contributed by atoms with Crippen LogP contribution in [-0.4, -0.2) is 156 Å². The van der Waals surface area contributed by atoms with Crippen molar-refractivity contribution < 1.29 is 64.6 Å². The zero-order valence-electron chi connectivity index (χ0n) is 31.4. The van der Waals surface area contributed by atoms with Crippen LogP contribution in [0.25, 0.3) is 0 Å². The van der Waals surface area contributed by atoms with Gasteiger partial charge < -0.3 is 56.8 Å². The molecule has 6 unspecified atom stereocenters. The maximum absolute atomic E-state index is 13.5. The summed E-state index contributed by atoms with van der Waals surface area (Å²) < 4.78 is 26.9. The second kappa shape index (κ2) is 16.0. The lowest BCUT2D eigenvalue weighted by Crippen LogP contribution is -2.95. The number of hydrogen-bond acceptors (Lipinski definition) is 15. The summed E-state index contributed by atoms with van der Waals surface area (Å²) in [7, 11) is 2.08. The lowest BCUT2D eigenvalue weighted by atomic mass is 9.65. The second-order valence-corrected chi connectivity index (χ2v) is 14.7. The highest BCUT2D eigenvalue weighted by Crippen LogP contribution is 2.57. The first-order chi connectivity index (χ1) is 23.5. The quantitative estimate of drug-likeness (QED) is 0.125. The maximum Gasteiger partial charge on any atom is 0.363 e. The maximum atomic E-state index is 13.5. The van der Waals surface area contributed by atoms with Crippen molar-refractivity contribution in [1.29, 1.82) is 0 Å². The summed E-state index contributed by atoms with van der Waals surface area (Å²) in [5.41, 5.74) is 3.66. The lowest BCUT2D eigenvalue weighted by Gasteiger charge is -2.59. The molecule has 52 heavy (non-hydrogen) atoms. The fourth-order valence-electron chi connectivity index (χ4n) is 7.37. The van der Waals surface area contributed by atoms with Gasteiger partial charge in [0.2, 0.25) is 0 Å². The van der Waals surface area contributed by atoms with E-state index in [-0.39, 0.29) is 12.3 Å². The predicted octanol–water partition coefficient (Wildman–Crippen LogP) is -1.71. The van der Waals surface area contributed by atoms with Crippen LogP contribution in [0.5, 0.6) is 0 Å². The molecule has 1 saturated carbocycles. The minimum Gasteiger partial charge on any atom is -0.387 e. The minimum absolute atomic E-state index is 0.0599. The number of hydrazine groups is 1. The van der Waals surface area contributed by atoms with E-state index in [1.54, 1.807) is 0 Å². The van der Waals surface area contributed by atoms with Crippen molar-refractivity contribution in [2.45, 2.75) is 152 Å². The molecule has 3 fully saturated rings. The van der Waals surface area contributed by atoms with Gasteiger partial charge in [-0.1, -0.05) is 51.1 Å². The van der Waals surface area contributed by atoms with Crippen LogP contribution in [0.2, 0.25) is 0 Å². The van der Waals surface area contributed by atoms with Crippen LogP contribution in [0.15, 0.2) is 30.3 Å². The number of benzene rings is 1. The minimum atomic E-state index is -5.87. The van der Waals surface area contributed by atoms with E-state index in [0.717, 1.165) is 18.8 Å². The van der Waals surface area contributed by atoms with E-state index in [9.17, 15) is 44.2 Å². The molecule has 6 atom stereocenters. The molecule has 16 nitrogen and oxygen atoms in total. The van der Waals surface area contributed by atoms with Gasteiger partial charge in [-0.25, -0.2) is 10.4 Å². The van der Waals surface area contributed by atoms with Gasteiger partial charge in [0, 0.05) is 25.2 Å². The van der Waals surface area contributed by atoms with Crippen molar-refractivity contribution >= 4 is 5.91 Å². The van der Waals surface area contributed by atoms with E-state index >= 15 is 0 Å². The number of aryl methyl sites for hydroxylation is 1. The van der Waals surface area contributed by atoms with Gasteiger partial charge in [-0.3, -0.25) is 14.6 Å². The number of hydrogen-bond donors (Lipinski definition) is 12. The van der Waals surface area contributed by atoms with Crippen LogP contribution >= 0.6 is 0 Å². The number of carbonyl (C=O) groups excluding carboxylic acids is 1. The zero-order chi connectivity index (χ0) is 40.6. The normalized spacial score (nSPS) is 31.1. The Kier molecular flexibility index (Phi) is 14.2. The third-order valence-electron chi connectivity index (χ3n) is 10.8. The molecule has 0 aromatic heterocycles. The highest BCUT2D eigenvalue weighted by molar-refractivity contribution is 5.87. The Hall–Kier alpha value is -2.01. The van der Waals surface area contributed by atoms with Gasteiger partial charge in [0.15, 0.2) is 0 Å². The van der Waals surface area contributed by atoms with E-state index in [1.165, 1.54) is 24.9 Å². The molecule has 0 radical (unpaired) electrons. The van der Waals surface area contributed by atoms with Crippen molar-refractivity contribution in [1.82, 2.24) is 20.2 Å². The van der Waals surface area contributed by atoms with E-state index in [4.69, 9.17) is 20.4 Å². The van der Waals surface area contributed by atoms with Gasteiger partial charge in [-0.2, -0.15) is 8.78 Å². The fourth-order valence-corrected chi connectivity index (χ4v) is 7.37. The molecular formula is C34H61F2N5O11. The number of amides is 1. The third-order valence-corrected chi connectivity index (χ3v) is 10.8. The molecule has 13 N–H and O–H groups in total. The molecule has 0 spiro atoms. The standard InChI is InChI=1S/C25H44N4O.C7H11F2NO10.C2H6/c1-18-16-23(28(20(18)3)15-11-14-22-12-9-8-10-13-22)17-19(2)29-21(4)27(7)26-24(29)25(5,6)30;8-3(9)6(17,18)4(13,14)2(12,1(10)11)5(15,16)7(3,19)20;1-2/h8-10,12-13,18-21,23-24,26,30H,11,14-17H2,1-7H3;12-20H,(H2,10,11);1-2H3.